The van der Waals surface area contributed by atoms with Crippen molar-refractivity contribution >= 4 is 29.6 Å². The number of benzene rings is 2. The van der Waals surface area contributed by atoms with Crippen molar-refractivity contribution < 1.29 is 23.9 Å². The number of nitrogens with zero attached hydrogens (tertiary/aromatic N) is 1. The summed E-state index contributed by atoms with van der Waals surface area (Å²) in [6.07, 6.45) is 3.48. The summed E-state index contributed by atoms with van der Waals surface area (Å²) in [7, 11) is 0. The molecule has 0 radical (unpaired) electrons. The summed E-state index contributed by atoms with van der Waals surface area (Å²) >= 11 is 0. The molecule has 3 rings (SSSR count). The maximum absolute atomic E-state index is 12.0. The van der Waals surface area contributed by atoms with E-state index in [1.165, 1.54) is 6.21 Å². The van der Waals surface area contributed by atoms with Crippen LogP contribution in [0.4, 0.5) is 5.69 Å². The van der Waals surface area contributed by atoms with Gasteiger partial charge in [-0.2, -0.15) is 5.10 Å². The molecule has 9 nitrogen and oxygen atoms in total. The largest absolute Gasteiger partial charge is 0.484 e. The zero-order valence-electron chi connectivity index (χ0n) is 18.7. The third-order valence-corrected chi connectivity index (χ3v) is 5.15. The standard InChI is InChI=1S/C24H28N4O5/c1-16-5-8-19(12-17(16)2)27-23(30)24(31)28-26-13-18-6-9-20(10-7-18)33-15-22(29)25-14-21-4-3-11-32-21/h5-10,12-13,21H,3-4,11,14-15H2,1-2H3,(H,25,29)(H,27,30)(H,28,31)/b26-13-/t21-/m1/s1. The topological polar surface area (TPSA) is 118 Å². The van der Waals surface area contributed by atoms with E-state index in [4.69, 9.17) is 9.47 Å². The molecular weight excluding hydrogens is 424 g/mol. The normalized spacial score (nSPS) is 15.3. The lowest BCUT2D eigenvalue weighted by Gasteiger charge is -2.11. The summed E-state index contributed by atoms with van der Waals surface area (Å²) in [4.78, 5) is 35.8. The second-order valence-corrected chi connectivity index (χ2v) is 7.75. The van der Waals surface area contributed by atoms with Gasteiger partial charge in [-0.1, -0.05) is 6.07 Å². The van der Waals surface area contributed by atoms with E-state index in [2.05, 4.69) is 21.2 Å². The summed E-state index contributed by atoms with van der Waals surface area (Å²) in [6, 6.07) is 12.2. The molecule has 0 bridgehead atoms. The first kappa shape index (κ1) is 23.9. The van der Waals surface area contributed by atoms with E-state index in [0.29, 0.717) is 23.5 Å². The highest BCUT2D eigenvalue weighted by Crippen LogP contribution is 2.14. The smallest absolute Gasteiger partial charge is 0.329 e. The van der Waals surface area contributed by atoms with Crippen LogP contribution in [0.3, 0.4) is 0 Å². The highest BCUT2D eigenvalue weighted by molar-refractivity contribution is 6.39. The second kappa shape index (κ2) is 11.8. The lowest BCUT2D eigenvalue weighted by Crippen LogP contribution is -2.35. The van der Waals surface area contributed by atoms with Crippen molar-refractivity contribution in [2.45, 2.75) is 32.8 Å². The van der Waals surface area contributed by atoms with E-state index in [0.717, 1.165) is 30.6 Å². The first-order valence-corrected chi connectivity index (χ1v) is 10.7. The molecule has 1 aliphatic heterocycles. The van der Waals surface area contributed by atoms with Gasteiger partial charge in [-0.15, -0.1) is 0 Å². The molecule has 1 aliphatic rings. The molecule has 0 aliphatic carbocycles. The van der Waals surface area contributed by atoms with Gasteiger partial charge < -0.3 is 20.1 Å². The van der Waals surface area contributed by atoms with Crippen molar-refractivity contribution in [1.82, 2.24) is 10.7 Å². The number of nitrogens with one attached hydrogen (secondary N) is 3. The molecule has 0 aromatic heterocycles. The fraction of sp³-hybridized carbons (Fsp3) is 0.333. The van der Waals surface area contributed by atoms with E-state index in [1.807, 2.05) is 19.9 Å². The van der Waals surface area contributed by atoms with E-state index in [9.17, 15) is 14.4 Å². The molecular formula is C24H28N4O5. The Labute approximate surface area is 192 Å². The van der Waals surface area contributed by atoms with Crippen LogP contribution in [0.15, 0.2) is 47.6 Å². The van der Waals surface area contributed by atoms with Crippen LogP contribution in [0.5, 0.6) is 5.75 Å². The predicted octanol–water partition coefficient (Wildman–Crippen LogP) is 2.07. The third-order valence-electron chi connectivity index (χ3n) is 5.15. The highest BCUT2D eigenvalue weighted by Gasteiger charge is 2.16. The maximum atomic E-state index is 12.0. The highest BCUT2D eigenvalue weighted by atomic mass is 16.5. The Morgan fingerprint density at radius 3 is 2.58 bits per heavy atom. The fourth-order valence-corrected chi connectivity index (χ4v) is 3.11. The quantitative estimate of drug-likeness (QED) is 0.322. The van der Waals surface area contributed by atoms with Crippen molar-refractivity contribution in [1.29, 1.82) is 0 Å². The van der Waals surface area contributed by atoms with Crippen LogP contribution in [-0.4, -0.2) is 49.8 Å². The molecule has 0 spiro atoms. The van der Waals surface area contributed by atoms with Crippen molar-refractivity contribution in [2.75, 3.05) is 25.1 Å². The van der Waals surface area contributed by atoms with Crippen LogP contribution in [0, 0.1) is 13.8 Å². The molecule has 3 amide bonds. The molecule has 3 N–H and O–H groups in total. The van der Waals surface area contributed by atoms with Gasteiger partial charge in [0.25, 0.3) is 5.91 Å². The van der Waals surface area contributed by atoms with Crippen LogP contribution in [0.1, 0.15) is 29.5 Å². The molecule has 0 saturated carbocycles. The molecule has 2 aromatic carbocycles. The van der Waals surface area contributed by atoms with Gasteiger partial charge in [0.2, 0.25) is 0 Å². The van der Waals surface area contributed by atoms with Gasteiger partial charge in [-0.05, 0) is 79.8 Å². The van der Waals surface area contributed by atoms with Gasteiger partial charge in [0.1, 0.15) is 5.75 Å². The number of ether oxygens (including phenoxy) is 2. The lowest BCUT2D eigenvalue weighted by atomic mass is 10.1. The summed E-state index contributed by atoms with van der Waals surface area (Å²) in [5.74, 6) is -1.37. The zero-order chi connectivity index (χ0) is 23.6. The summed E-state index contributed by atoms with van der Waals surface area (Å²) < 4.78 is 10.9. The lowest BCUT2D eigenvalue weighted by molar-refractivity contribution is -0.136. The monoisotopic (exact) mass is 452 g/mol. The molecule has 2 aromatic rings. The van der Waals surface area contributed by atoms with Gasteiger partial charge in [0, 0.05) is 18.8 Å². The number of hydrogen-bond acceptors (Lipinski definition) is 6. The van der Waals surface area contributed by atoms with Crippen LogP contribution in [0.25, 0.3) is 0 Å². The minimum absolute atomic E-state index is 0.0888. The van der Waals surface area contributed by atoms with Gasteiger partial charge in [-0.25, -0.2) is 5.43 Å². The number of aryl methyl sites for hydroxylation is 2. The molecule has 0 unspecified atom stereocenters. The van der Waals surface area contributed by atoms with Crippen molar-refractivity contribution in [3.8, 4) is 5.75 Å². The van der Waals surface area contributed by atoms with Crippen molar-refractivity contribution in [2.24, 2.45) is 5.10 Å². The molecule has 174 valence electrons. The first-order valence-electron chi connectivity index (χ1n) is 10.7. The first-order chi connectivity index (χ1) is 15.9. The zero-order valence-corrected chi connectivity index (χ0v) is 18.7. The molecule has 1 atom stereocenters. The average molecular weight is 453 g/mol. The van der Waals surface area contributed by atoms with Crippen LogP contribution in [-0.2, 0) is 19.1 Å². The maximum Gasteiger partial charge on any atom is 0.329 e. The Morgan fingerprint density at radius 2 is 1.88 bits per heavy atom. The number of hydrazone groups is 1. The van der Waals surface area contributed by atoms with E-state index < -0.39 is 11.8 Å². The van der Waals surface area contributed by atoms with Crippen LogP contribution in [0.2, 0.25) is 0 Å². The molecule has 33 heavy (non-hydrogen) atoms. The number of anilines is 1. The Morgan fingerprint density at radius 1 is 1.09 bits per heavy atom. The number of rotatable bonds is 8. The SMILES string of the molecule is Cc1ccc(NC(=O)C(=O)N/N=C\c2ccc(OCC(=O)NC[C@H]3CCCO3)cc2)cc1C. The Bertz CT molecular complexity index is 1010. The Hall–Kier alpha value is -3.72. The summed E-state index contributed by atoms with van der Waals surface area (Å²) in [5, 5.41) is 9.12. The third kappa shape index (κ3) is 7.73. The minimum Gasteiger partial charge on any atom is -0.484 e. The van der Waals surface area contributed by atoms with E-state index >= 15 is 0 Å². The number of hydrogen-bond donors (Lipinski definition) is 3. The van der Waals surface area contributed by atoms with Gasteiger partial charge in [0.05, 0.1) is 12.3 Å². The second-order valence-electron chi connectivity index (χ2n) is 7.75. The Kier molecular flexibility index (Phi) is 8.54. The van der Waals surface area contributed by atoms with Gasteiger partial charge in [-0.3, -0.25) is 14.4 Å². The number of carbonyl (C=O) groups is 3. The molecule has 9 heteroatoms. The van der Waals surface area contributed by atoms with E-state index in [-0.39, 0.29) is 18.6 Å². The molecule has 1 fully saturated rings. The molecule has 1 heterocycles. The van der Waals surface area contributed by atoms with Crippen LogP contribution < -0.4 is 20.8 Å². The van der Waals surface area contributed by atoms with Crippen molar-refractivity contribution in [3.05, 3.63) is 59.2 Å². The van der Waals surface area contributed by atoms with Gasteiger partial charge >= 0.3 is 11.8 Å². The fourth-order valence-electron chi connectivity index (χ4n) is 3.11. The minimum atomic E-state index is -0.876. The average Bonchev–Trinajstić information content (AvgIpc) is 3.33. The predicted molar refractivity (Wildman–Crippen MR) is 124 cm³/mol. The number of amides is 3. The summed E-state index contributed by atoms with van der Waals surface area (Å²) in [6.45, 7) is 5.03. The van der Waals surface area contributed by atoms with Crippen LogP contribution >= 0.6 is 0 Å². The van der Waals surface area contributed by atoms with Gasteiger partial charge in [0.15, 0.2) is 6.61 Å². The Balaban J connectivity index is 1.38. The van der Waals surface area contributed by atoms with E-state index in [1.54, 1.807) is 36.4 Å². The molecule has 1 saturated heterocycles. The summed E-state index contributed by atoms with van der Waals surface area (Å²) in [5.41, 5.74) is 5.52. The van der Waals surface area contributed by atoms with Crippen molar-refractivity contribution in [3.63, 3.8) is 0 Å². The number of carbonyl (C=O) groups excluding carboxylic acids is 3.